The summed E-state index contributed by atoms with van der Waals surface area (Å²) in [5.41, 5.74) is 5.10. The molecule has 0 aliphatic carbocycles. The normalized spacial score (nSPS) is 16.3. The lowest BCUT2D eigenvalue weighted by atomic mass is 10.1. The lowest BCUT2D eigenvalue weighted by Crippen LogP contribution is -2.41. The molecule has 0 radical (unpaired) electrons. The summed E-state index contributed by atoms with van der Waals surface area (Å²) < 4.78 is 0. The maximum absolute atomic E-state index is 10.1. The van der Waals surface area contributed by atoms with Gasteiger partial charge in [0.2, 0.25) is 0 Å². The van der Waals surface area contributed by atoms with E-state index in [9.17, 15) is 4.79 Å². The molecule has 0 aliphatic heterocycles. The van der Waals surface area contributed by atoms with Crippen LogP contribution in [0, 0.1) is 0 Å². The first-order chi connectivity index (χ1) is 4.59. The molecular weight excluding hydrogens is 134 g/mol. The Hall–Kier alpha value is -0.610. The molecule has 0 fully saturated rings. The third-order valence-electron chi connectivity index (χ3n) is 1.28. The minimum absolute atomic E-state index is 0.438. The summed E-state index contributed by atoms with van der Waals surface area (Å²) in [7, 11) is 0. The van der Waals surface area contributed by atoms with Gasteiger partial charge in [-0.25, -0.2) is 0 Å². The van der Waals surface area contributed by atoms with E-state index in [2.05, 4.69) is 0 Å². The van der Waals surface area contributed by atoms with Crippen molar-refractivity contribution in [1.82, 2.24) is 0 Å². The van der Waals surface area contributed by atoms with Crippen LogP contribution in [0.1, 0.15) is 19.8 Å². The maximum Gasteiger partial charge on any atom is 0.323 e. The Kier molecular flexibility index (Phi) is 3.99. The highest BCUT2D eigenvalue weighted by molar-refractivity contribution is 5.73. The third kappa shape index (κ3) is 2.80. The predicted molar refractivity (Wildman–Crippen MR) is 36.5 cm³/mol. The quantitative estimate of drug-likeness (QED) is 0.503. The number of hydrogen-bond acceptors (Lipinski definition) is 3. The van der Waals surface area contributed by atoms with Crippen molar-refractivity contribution in [3.8, 4) is 0 Å². The van der Waals surface area contributed by atoms with Gasteiger partial charge in [-0.1, -0.05) is 13.3 Å². The zero-order chi connectivity index (χ0) is 8.15. The summed E-state index contributed by atoms with van der Waals surface area (Å²) in [6.07, 6.45) is 0.262. The molecule has 0 aromatic carbocycles. The number of nitrogens with two attached hydrogens (primary N) is 1. The van der Waals surface area contributed by atoms with Crippen LogP contribution < -0.4 is 5.73 Å². The fourth-order valence-corrected chi connectivity index (χ4v) is 0.640. The minimum atomic E-state index is -1.15. The van der Waals surface area contributed by atoms with Crippen LogP contribution in [0.3, 0.4) is 0 Å². The monoisotopic (exact) mass is 147 g/mol. The first-order valence-electron chi connectivity index (χ1n) is 3.26. The number of aliphatic hydroxyl groups is 1. The van der Waals surface area contributed by atoms with E-state index in [-0.39, 0.29) is 0 Å². The molecule has 10 heavy (non-hydrogen) atoms. The number of rotatable bonds is 4. The lowest BCUT2D eigenvalue weighted by molar-refractivity contribution is -0.141. The van der Waals surface area contributed by atoms with Gasteiger partial charge in [-0.05, 0) is 6.42 Å². The molecule has 4 N–H and O–H groups in total. The van der Waals surface area contributed by atoms with Crippen LogP contribution in [0.5, 0.6) is 0 Å². The van der Waals surface area contributed by atoms with Gasteiger partial charge in [0.25, 0.3) is 0 Å². The molecule has 0 amide bonds. The minimum Gasteiger partial charge on any atom is -0.480 e. The Bertz CT molecular complexity index is 116. The van der Waals surface area contributed by atoms with Crippen molar-refractivity contribution in [1.29, 1.82) is 0 Å². The second-order valence-electron chi connectivity index (χ2n) is 2.22. The van der Waals surface area contributed by atoms with Gasteiger partial charge in [-0.15, -0.1) is 0 Å². The summed E-state index contributed by atoms with van der Waals surface area (Å²) >= 11 is 0. The first kappa shape index (κ1) is 9.39. The van der Waals surface area contributed by atoms with Crippen LogP contribution in [0.2, 0.25) is 0 Å². The number of carbonyl (C=O) groups is 1. The average molecular weight is 147 g/mol. The Labute approximate surface area is 59.7 Å². The zero-order valence-corrected chi connectivity index (χ0v) is 5.95. The Morgan fingerprint density at radius 2 is 2.20 bits per heavy atom. The highest BCUT2D eigenvalue weighted by atomic mass is 16.4. The van der Waals surface area contributed by atoms with E-state index in [1.807, 2.05) is 6.92 Å². The van der Waals surface area contributed by atoms with Gasteiger partial charge in [0.1, 0.15) is 6.04 Å². The molecule has 0 saturated heterocycles. The maximum atomic E-state index is 10.1. The van der Waals surface area contributed by atoms with Gasteiger partial charge in [0.05, 0.1) is 6.10 Å². The Morgan fingerprint density at radius 1 is 1.70 bits per heavy atom. The first-order valence-corrected chi connectivity index (χ1v) is 3.26. The SMILES string of the molecule is CCCC(O)C(N)C(=O)O. The second kappa shape index (κ2) is 4.24. The fraction of sp³-hybridized carbons (Fsp3) is 0.833. The molecule has 0 saturated carbocycles. The molecule has 0 rings (SSSR count). The Balaban J connectivity index is 3.69. The summed E-state index contributed by atoms with van der Waals surface area (Å²) in [4.78, 5) is 10.1. The zero-order valence-electron chi connectivity index (χ0n) is 5.95. The molecule has 2 atom stereocenters. The molecule has 0 bridgehead atoms. The predicted octanol–water partition coefficient (Wildman–Crippen LogP) is -0.441. The van der Waals surface area contributed by atoms with Crippen molar-refractivity contribution in [2.75, 3.05) is 0 Å². The van der Waals surface area contributed by atoms with Gasteiger partial charge in [-0.2, -0.15) is 0 Å². The van der Waals surface area contributed by atoms with E-state index in [1.165, 1.54) is 0 Å². The summed E-state index contributed by atoms with van der Waals surface area (Å²) in [5, 5.41) is 17.3. The van der Waals surface area contributed by atoms with Crippen LogP contribution in [-0.2, 0) is 4.79 Å². The third-order valence-corrected chi connectivity index (χ3v) is 1.28. The number of aliphatic carboxylic acids is 1. The molecule has 4 heteroatoms. The number of hydrogen-bond donors (Lipinski definition) is 3. The van der Waals surface area contributed by atoms with E-state index in [1.54, 1.807) is 0 Å². The van der Waals surface area contributed by atoms with E-state index >= 15 is 0 Å². The molecular formula is C6H13NO3. The molecule has 0 spiro atoms. The van der Waals surface area contributed by atoms with Gasteiger partial charge >= 0.3 is 5.97 Å². The Morgan fingerprint density at radius 3 is 2.50 bits per heavy atom. The van der Waals surface area contributed by atoms with Gasteiger partial charge < -0.3 is 15.9 Å². The number of aliphatic hydroxyl groups excluding tert-OH is 1. The van der Waals surface area contributed by atoms with Crippen molar-refractivity contribution in [2.45, 2.75) is 31.9 Å². The van der Waals surface area contributed by atoms with Gasteiger partial charge in [-0.3, -0.25) is 4.79 Å². The van der Waals surface area contributed by atoms with E-state index < -0.39 is 18.1 Å². The second-order valence-corrected chi connectivity index (χ2v) is 2.22. The molecule has 0 aromatic rings. The van der Waals surface area contributed by atoms with Crippen molar-refractivity contribution >= 4 is 5.97 Å². The fourth-order valence-electron chi connectivity index (χ4n) is 0.640. The smallest absolute Gasteiger partial charge is 0.323 e. The molecule has 0 aromatic heterocycles. The molecule has 60 valence electrons. The van der Waals surface area contributed by atoms with Crippen LogP contribution in [0.4, 0.5) is 0 Å². The van der Waals surface area contributed by atoms with Crippen LogP contribution >= 0.6 is 0 Å². The van der Waals surface area contributed by atoms with Crippen LogP contribution in [0.15, 0.2) is 0 Å². The highest BCUT2D eigenvalue weighted by Gasteiger charge is 2.20. The standard InChI is InChI=1S/C6H13NO3/c1-2-3-4(8)5(7)6(9)10/h4-5,8H,2-3,7H2,1H3,(H,9,10). The van der Waals surface area contributed by atoms with Crippen molar-refractivity contribution in [2.24, 2.45) is 5.73 Å². The van der Waals surface area contributed by atoms with Crippen LogP contribution in [-0.4, -0.2) is 28.3 Å². The molecule has 0 aliphatic rings. The summed E-state index contributed by atoms with van der Waals surface area (Å²) in [5.74, 6) is -1.15. The molecule has 2 unspecified atom stereocenters. The highest BCUT2D eigenvalue weighted by Crippen LogP contribution is 1.99. The van der Waals surface area contributed by atoms with Crippen molar-refractivity contribution < 1.29 is 15.0 Å². The molecule has 0 heterocycles. The van der Waals surface area contributed by atoms with Gasteiger partial charge in [0.15, 0.2) is 0 Å². The lowest BCUT2D eigenvalue weighted by Gasteiger charge is -2.12. The average Bonchev–Trinajstić information content (AvgIpc) is 1.87. The van der Waals surface area contributed by atoms with Gasteiger partial charge in [0, 0.05) is 0 Å². The van der Waals surface area contributed by atoms with Crippen molar-refractivity contribution in [3.05, 3.63) is 0 Å². The largest absolute Gasteiger partial charge is 0.480 e. The van der Waals surface area contributed by atoms with E-state index in [0.717, 1.165) is 6.42 Å². The molecule has 4 nitrogen and oxygen atoms in total. The topological polar surface area (TPSA) is 83.5 Å². The van der Waals surface area contributed by atoms with E-state index in [0.29, 0.717) is 6.42 Å². The summed E-state index contributed by atoms with van der Waals surface area (Å²) in [6.45, 7) is 1.86. The van der Waals surface area contributed by atoms with Crippen LogP contribution in [0.25, 0.3) is 0 Å². The van der Waals surface area contributed by atoms with E-state index in [4.69, 9.17) is 15.9 Å². The van der Waals surface area contributed by atoms with Crippen molar-refractivity contribution in [3.63, 3.8) is 0 Å². The number of carboxylic acid groups (broad SMARTS) is 1. The number of carboxylic acids is 1. The summed E-state index contributed by atoms with van der Waals surface area (Å²) in [6, 6.07) is -1.14.